The lowest BCUT2D eigenvalue weighted by atomic mass is 10.0. The molecule has 2 aromatic heterocycles. The zero-order valence-corrected chi connectivity index (χ0v) is 27.4. The van der Waals surface area contributed by atoms with E-state index in [2.05, 4.69) is 26.1 Å². The van der Waals surface area contributed by atoms with Crippen LogP contribution in [0.1, 0.15) is 43.0 Å². The lowest BCUT2D eigenvalue weighted by Crippen LogP contribution is -2.34. The van der Waals surface area contributed by atoms with Crippen molar-refractivity contribution in [2.75, 3.05) is 22.1 Å². The Kier molecular flexibility index (Phi) is 9.39. The maximum atomic E-state index is 13.3. The Labute approximate surface area is 278 Å². The molecule has 13 nitrogen and oxygen atoms in total. The van der Waals surface area contributed by atoms with Gasteiger partial charge in [0.25, 0.3) is 11.5 Å². The standard InChI is InChI=1S/C32H30N8O5S2/c1-16-5-9-22(10-6-16)34-26(41)15-47-32-38-37-31-39(27(42)14-25(33)40(31)32)24-13-21(11-18(3)19(24)4)28(43)36-30(46)35-23-12-20(29(44)45)8-7-17(23)2/h5-14H,15,33H2,1-4H3,(H,34,41)(H,44,45)(H2,35,36,43,46). The number of hydrogen-bond acceptors (Lipinski definition) is 9. The van der Waals surface area contributed by atoms with Crippen LogP contribution in [0.2, 0.25) is 0 Å². The monoisotopic (exact) mass is 670 g/mol. The Morgan fingerprint density at radius 3 is 2.34 bits per heavy atom. The average Bonchev–Trinajstić information content (AvgIpc) is 3.44. The van der Waals surface area contributed by atoms with E-state index in [9.17, 15) is 24.3 Å². The summed E-state index contributed by atoms with van der Waals surface area (Å²) in [7, 11) is 0. The first kappa shape index (κ1) is 32.8. The molecule has 3 aromatic carbocycles. The number of nitrogens with one attached hydrogen (secondary N) is 3. The fraction of sp³-hybridized carbons (Fsp3) is 0.156. The van der Waals surface area contributed by atoms with Crippen LogP contribution in [0.25, 0.3) is 11.5 Å². The normalized spacial score (nSPS) is 10.9. The van der Waals surface area contributed by atoms with Crippen molar-refractivity contribution in [2.45, 2.75) is 32.9 Å². The van der Waals surface area contributed by atoms with Crippen molar-refractivity contribution in [3.63, 3.8) is 0 Å². The minimum atomic E-state index is -1.10. The lowest BCUT2D eigenvalue weighted by Gasteiger charge is -2.16. The molecule has 0 atom stereocenters. The molecule has 0 aliphatic rings. The zero-order valence-electron chi connectivity index (χ0n) is 25.7. The Hall–Kier alpha value is -5.54. The molecule has 0 saturated carbocycles. The van der Waals surface area contributed by atoms with Gasteiger partial charge in [0.15, 0.2) is 10.3 Å². The number of aromatic carboxylic acids is 1. The summed E-state index contributed by atoms with van der Waals surface area (Å²) in [6.45, 7) is 7.33. The largest absolute Gasteiger partial charge is 0.478 e. The summed E-state index contributed by atoms with van der Waals surface area (Å²) in [5, 5.41) is 26.3. The van der Waals surface area contributed by atoms with Crippen molar-refractivity contribution < 1.29 is 19.5 Å². The lowest BCUT2D eigenvalue weighted by molar-refractivity contribution is -0.113. The third-order valence-corrected chi connectivity index (χ3v) is 8.47. The van der Waals surface area contributed by atoms with Crippen molar-refractivity contribution in [1.82, 2.24) is 24.5 Å². The van der Waals surface area contributed by atoms with Gasteiger partial charge in [-0.15, -0.1) is 10.2 Å². The number of amides is 2. The van der Waals surface area contributed by atoms with Crippen molar-refractivity contribution in [1.29, 1.82) is 0 Å². The molecule has 0 saturated heterocycles. The third-order valence-electron chi connectivity index (χ3n) is 7.34. The van der Waals surface area contributed by atoms with Gasteiger partial charge < -0.3 is 21.5 Å². The number of carbonyl (C=O) groups is 3. The first-order chi connectivity index (χ1) is 22.3. The summed E-state index contributed by atoms with van der Waals surface area (Å²) in [5.41, 5.74) is 10.7. The minimum absolute atomic E-state index is 0.00903. The highest BCUT2D eigenvalue weighted by atomic mass is 32.2. The van der Waals surface area contributed by atoms with E-state index >= 15 is 0 Å². The number of carbonyl (C=O) groups excluding carboxylic acids is 2. The summed E-state index contributed by atoms with van der Waals surface area (Å²) < 4.78 is 2.77. The maximum Gasteiger partial charge on any atom is 0.335 e. The molecule has 0 bridgehead atoms. The number of anilines is 3. The van der Waals surface area contributed by atoms with Gasteiger partial charge in [-0.2, -0.15) is 0 Å². The third kappa shape index (κ3) is 7.15. The molecule has 0 unspecified atom stereocenters. The quantitative estimate of drug-likeness (QED) is 0.117. The van der Waals surface area contributed by atoms with Crippen molar-refractivity contribution in [2.24, 2.45) is 0 Å². The molecular formula is C32H30N8O5S2. The average molecular weight is 671 g/mol. The van der Waals surface area contributed by atoms with Crippen LogP contribution in [0.4, 0.5) is 17.2 Å². The number of rotatable bonds is 8. The smallest absolute Gasteiger partial charge is 0.335 e. The van der Waals surface area contributed by atoms with Crippen LogP contribution in [0.15, 0.2) is 70.6 Å². The van der Waals surface area contributed by atoms with Gasteiger partial charge in [-0.1, -0.05) is 35.5 Å². The molecule has 0 aliphatic carbocycles. The predicted octanol–water partition coefficient (Wildman–Crippen LogP) is 4.25. The Bertz CT molecular complexity index is 2140. The second kappa shape index (κ2) is 13.4. The molecule has 240 valence electrons. The number of aryl methyl sites for hydroxylation is 3. The van der Waals surface area contributed by atoms with Gasteiger partial charge >= 0.3 is 5.97 Å². The van der Waals surface area contributed by atoms with Gasteiger partial charge in [0.1, 0.15) is 5.82 Å². The number of carboxylic acids is 1. The highest BCUT2D eigenvalue weighted by Gasteiger charge is 2.21. The zero-order chi connectivity index (χ0) is 34.0. The number of aromatic nitrogens is 4. The molecule has 2 amide bonds. The molecule has 5 rings (SSSR count). The van der Waals surface area contributed by atoms with E-state index in [0.717, 1.165) is 22.9 Å². The summed E-state index contributed by atoms with van der Waals surface area (Å²) in [4.78, 5) is 50.7. The van der Waals surface area contributed by atoms with Gasteiger partial charge in [-0.25, -0.2) is 13.8 Å². The second-order valence-corrected chi connectivity index (χ2v) is 12.1. The van der Waals surface area contributed by atoms with Crippen LogP contribution in [0.3, 0.4) is 0 Å². The van der Waals surface area contributed by atoms with Gasteiger partial charge in [-0.3, -0.25) is 19.7 Å². The molecule has 15 heteroatoms. The molecule has 6 N–H and O–H groups in total. The SMILES string of the molecule is Cc1ccc(NC(=O)CSc2nnc3n(-c4cc(C(=O)NC(=S)Nc5cc(C(=O)O)ccc5C)cc(C)c4C)c(=O)cc(N)n23)cc1. The number of nitrogens with two attached hydrogens (primary N) is 1. The first-order valence-corrected chi connectivity index (χ1v) is 15.6. The molecule has 2 heterocycles. The van der Waals surface area contributed by atoms with E-state index in [4.69, 9.17) is 18.0 Å². The van der Waals surface area contributed by atoms with Gasteiger partial charge in [0, 0.05) is 23.0 Å². The van der Waals surface area contributed by atoms with E-state index in [1.807, 2.05) is 31.2 Å². The fourth-order valence-electron chi connectivity index (χ4n) is 4.69. The second-order valence-electron chi connectivity index (χ2n) is 10.7. The number of thioether (sulfide) groups is 1. The molecule has 0 fully saturated rings. The highest BCUT2D eigenvalue weighted by Crippen LogP contribution is 2.25. The number of benzene rings is 3. The fourth-order valence-corrected chi connectivity index (χ4v) is 5.64. The van der Waals surface area contributed by atoms with E-state index in [1.165, 1.54) is 33.2 Å². The Morgan fingerprint density at radius 2 is 1.64 bits per heavy atom. The number of thiocarbonyl (C=S) groups is 1. The highest BCUT2D eigenvalue weighted by molar-refractivity contribution is 7.99. The number of carboxylic acid groups (broad SMARTS) is 1. The number of nitrogen functional groups attached to an aromatic ring is 1. The molecular weight excluding hydrogens is 641 g/mol. The summed E-state index contributed by atoms with van der Waals surface area (Å²) >= 11 is 6.44. The molecule has 0 spiro atoms. The van der Waals surface area contributed by atoms with Gasteiger partial charge in [-0.05, 0) is 93.0 Å². The Morgan fingerprint density at radius 1 is 0.915 bits per heavy atom. The predicted molar refractivity (Wildman–Crippen MR) is 185 cm³/mol. The summed E-state index contributed by atoms with van der Waals surface area (Å²) in [6, 6.07) is 16.3. The van der Waals surface area contributed by atoms with Crippen molar-refractivity contribution >= 4 is 69.8 Å². The van der Waals surface area contributed by atoms with Crippen LogP contribution < -0.4 is 27.2 Å². The topological polar surface area (TPSA) is 186 Å². The number of fused-ring (bicyclic) bond motifs is 1. The molecule has 0 radical (unpaired) electrons. The van der Waals surface area contributed by atoms with Crippen molar-refractivity contribution in [3.05, 3.63) is 104 Å². The van der Waals surface area contributed by atoms with Crippen molar-refractivity contribution in [3.8, 4) is 5.69 Å². The van der Waals surface area contributed by atoms with Gasteiger partial charge in [0.05, 0.1) is 17.0 Å². The van der Waals surface area contributed by atoms with Crippen LogP contribution in [0, 0.1) is 27.7 Å². The van der Waals surface area contributed by atoms with Crippen LogP contribution in [-0.2, 0) is 4.79 Å². The number of hydrogen-bond donors (Lipinski definition) is 5. The summed E-state index contributed by atoms with van der Waals surface area (Å²) in [5.74, 6) is -1.73. The Balaban J connectivity index is 1.41. The van der Waals surface area contributed by atoms with E-state index in [1.54, 1.807) is 32.9 Å². The van der Waals surface area contributed by atoms with Gasteiger partial charge in [0.2, 0.25) is 11.7 Å². The number of nitrogens with zero attached hydrogens (tertiary/aromatic N) is 4. The minimum Gasteiger partial charge on any atom is -0.478 e. The first-order valence-electron chi connectivity index (χ1n) is 14.2. The van der Waals surface area contributed by atoms with Crippen LogP contribution in [-0.4, -0.2) is 52.9 Å². The van der Waals surface area contributed by atoms with Crippen LogP contribution in [0.5, 0.6) is 0 Å². The molecule has 0 aliphatic heterocycles. The molecule has 47 heavy (non-hydrogen) atoms. The van der Waals surface area contributed by atoms with E-state index in [0.29, 0.717) is 33.3 Å². The summed E-state index contributed by atoms with van der Waals surface area (Å²) in [6.07, 6.45) is 0. The van der Waals surface area contributed by atoms with E-state index < -0.39 is 17.4 Å². The molecule has 5 aromatic rings. The maximum absolute atomic E-state index is 13.3. The van der Waals surface area contributed by atoms with Crippen LogP contribution >= 0.6 is 24.0 Å². The van der Waals surface area contributed by atoms with E-state index in [-0.39, 0.29) is 39.5 Å².